The molecule has 0 saturated heterocycles. The van der Waals surface area contributed by atoms with Crippen LogP contribution in [0.25, 0.3) is 0 Å². The minimum Gasteiger partial charge on any atom is -0.333 e. The normalized spacial score (nSPS) is 11.4. The van der Waals surface area contributed by atoms with Gasteiger partial charge in [-0.3, -0.25) is 4.84 Å². The van der Waals surface area contributed by atoms with Gasteiger partial charge < -0.3 is 4.57 Å². The molecule has 0 saturated carbocycles. The van der Waals surface area contributed by atoms with Crippen LogP contribution in [0.4, 0.5) is 5.69 Å². The number of imidazole rings is 1. The van der Waals surface area contributed by atoms with Crippen LogP contribution in [0.5, 0.6) is 0 Å². The van der Waals surface area contributed by atoms with Crippen LogP contribution in [0.3, 0.4) is 0 Å². The number of hydrogen-bond acceptors (Lipinski definition) is 2. The molecule has 4 nitrogen and oxygen atoms in total. The Morgan fingerprint density at radius 1 is 1.09 bits per heavy atom. The maximum atomic E-state index is 5.45. The molecule has 0 aliphatic heterocycles. The molecule has 1 aromatic heterocycles. The van der Waals surface area contributed by atoms with Crippen molar-refractivity contribution in [2.24, 2.45) is 0 Å². The fourth-order valence-electron chi connectivity index (χ4n) is 2.25. The summed E-state index contributed by atoms with van der Waals surface area (Å²) in [6.45, 7) is 0.815. The predicted molar refractivity (Wildman–Crippen MR) is 86.3 cm³/mol. The molecule has 3 rings (SSSR count). The third-order valence-electron chi connectivity index (χ3n) is 3.38. The Balaban J connectivity index is 1.80. The van der Waals surface area contributed by atoms with Gasteiger partial charge in [-0.05, 0) is 17.7 Å². The van der Waals surface area contributed by atoms with E-state index in [2.05, 4.69) is 29.2 Å². The van der Waals surface area contributed by atoms with Crippen molar-refractivity contribution in [3.8, 4) is 0 Å². The Kier molecular flexibility index (Phi) is 4.30. The molecule has 0 fully saturated rings. The van der Waals surface area contributed by atoms with Crippen LogP contribution in [0, 0.1) is 0 Å². The lowest BCUT2D eigenvalue weighted by atomic mass is 10.2. The summed E-state index contributed by atoms with van der Waals surface area (Å²) >= 11 is 0. The molecule has 4 heteroatoms. The van der Waals surface area contributed by atoms with Crippen LogP contribution in [0.2, 0.25) is 0 Å². The summed E-state index contributed by atoms with van der Waals surface area (Å²) in [7, 11) is 1.67. The molecule has 2 aromatic carbocycles. The zero-order chi connectivity index (χ0) is 15.2. The van der Waals surface area contributed by atoms with Crippen molar-refractivity contribution >= 4 is 11.9 Å². The quantitative estimate of drug-likeness (QED) is 0.410. The average molecular weight is 292 g/mol. The second-order valence-corrected chi connectivity index (χ2v) is 4.95. The summed E-state index contributed by atoms with van der Waals surface area (Å²) in [5.41, 5.74) is 3.30. The van der Waals surface area contributed by atoms with Crippen molar-refractivity contribution in [3.63, 3.8) is 0 Å². The Morgan fingerprint density at radius 3 is 2.50 bits per heavy atom. The smallest absolute Gasteiger partial charge is 0.257 e. The van der Waals surface area contributed by atoms with Gasteiger partial charge in [0.25, 0.3) is 5.69 Å². The highest BCUT2D eigenvalue weighted by Crippen LogP contribution is 2.14. The van der Waals surface area contributed by atoms with Gasteiger partial charge in [0.15, 0.2) is 0 Å². The maximum Gasteiger partial charge on any atom is 0.257 e. The molecule has 22 heavy (non-hydrogen) atoms. The largest absolute Gasteiger partial charge is 0.333 e. The molecule has 0 spiro atoms. The van der Waals surface area contributed by atoms with Crippen molar-refractivity contribution in [1.29, 1.82) is 0 Å². The second-order valence-electron chi connectivity index (χ2n) is 4.95. The number of aromatic nitrogens is 2. The molecule has 110 valence electrons. The Labute approximate surface area is 129 Å². The average Bonchev–Trinajstić information content (AvgIpc) is 3.07. The topological polar surface area (TPSA) is 30.1 Å². The van der Waals surface area contributed by atoms with E-state index >= 15 is 0 Å². The van der Waals surface area contributed by atoms with E-state index in [1.54, 1.807) is 18.0 Å². The molecule has 0 bridgehead atoms. The van der Waals surface area contributed by atoms with Crippen LogP contribution in [-0.4, -0.2) is 27.6 Å². The molecule has 0 aliphatic carbocycles. The summed E-state index contributed by atoms with van der Waals surface area (Å²) in [6, 6.07) is 18.4. The number of benzene rings is 2. The number of hydrogen-bond donors (Lipinski definition) is 0. The van der Waals surface area contributed by atoms with Crippen molar-refractivity contribution in [1.82, 2.24) is 9.55 Å². The van der Waals surface area contributed by atoms with Crippen molar-refractivity contribution < 1.29 is 9.58 Å². The summed E-state index contributed by atoms with van der Waals surface area (Å²) < 4.78 is 3.80. The van der Waals surface area contributed by atoms with Gasteiger partial charge >= 0.3 is 0 Å². The van der Waals surface area contributed by atoms with E-state index in [4.69, 9.17) is 4.84 Å². The van der Waals surface area contributed by atoms with Gasteiger partial charge in [0, 0.05) is 41.4 Å². The van der Waals surface area contributed by atoms with Gasteiger partial charge in [0.1, 0.15) is 7.11 Å². The van der Waals surface area contributed by atoms with Crippen molar-refractivity contribution in [2.45, 2.75) is 6.54 Å². The van der Waals surface area contributed by atoms with Crippen LogP contribution in [-0.2, 0) is 11.4 Å². The minimum atomic E-state index is 0.815. The molecule has 3 aromatic rings. The SMILES string of the molecule is CO/[N+](=C\c1ccccc1)c1ccc(Cn2ccnc2)cc1. The first-order valence-corrected chi connectivity index (χ1v) is 7.13. The second kappa shape index (κ2) is 6.72. The first kappa shape index (κ1) is 14.1. The summed E-state index contributed by atoms with van der Waals surface area (Å²) in [4.78, 5) is 9.50. The summed E-state index contributed by atoms with van der Waals surface area (Å²) in [5.74, 6) is 0. The van der Waals surface area contributed by atoms with Gasteiger partial charge in [0.05, 0.1) is 6.33 Å². The van der Waals surface area contributed by atoms with E-state index in [0.29, 0.717) is 0 Å². The van der Waals surface area contributed by atoms with E-state index < -0.39 is 0 Å². The van der Waals surface area contributed by atoms with Crippen LogP contribution in [0.1, 0.15) is 11.1 Å². The Hall–Kier alpha value is -2.88. The standard InChI is InChI=1S/C18H18N3O/c1-22-21(14-16-5-3-2-4-6-16)18-9-7-17(8-10-18)13-20-12-11-19-15-20/h2-12,14-15H,13H2,1H3/q+1/b21-14-. The fourth-order valence-corrected chi connectivity index (χ4v) is 2.25. The highest BCUT2D eigenvalue weighted by Gasteiger charge is 2.10. The zero-order valence-electron chi connectivity index (χ0n) is 12.5. The van der Waals surface area contributed by atoms with Crippen LogP contribution < -0.4 is 0 Å². The monoisotopic (exact) mass is 292 g/mol. The van der Waals surface area contributed by atoms with Gasteiger partial charge in [-0.25, -0.2) is 4.98 Å². The zero-order valence-corrected chi connectivity index (χ0v) is 12.5. The lowest BCUT2D eigenvalue weighted by molar-refractivity contribution is -0.716. The molecule has 1 heterocycles. The van der Waals surface area contributed by atoms with Gasteiger partial charge in [-0.1, -0.05) is 30.3 Å². The third kappa shape index (κ3) is 3.41. The van der Waals surface area contributed by atoms with E-state index in [-0.39, 0.29) is 0 Å². The molecule has 0 N–H and O–H groups in total. The molecule has 0 unspecified atom stereocenters. The molecule has 0 radical (unpaired) electrons. The Bertz CT molecular complexity index is 732. The first-order valence-electron chi connectivity index (χ1n) is 7.13. The maximum absolute atomic E-state index is 5.45. The van der Waals surface area contributed by atoms with Crippen molar-refractivity contribution in [2.75, 3.05) is 7.11 Å². The fraction of sp³-hybridized carbons (Fsp3) is 0.111. The lowest BCUT2D eigenvalue weighted by Gasteiger charge is -2.03. The number of rotatable bonds is 5. The van der Waals surface area contributed by atoms with Crippen LogP contribution >= 0.6 is 0 Å². The van der Waals surface area contributed by atoms with Gasteiger partial charge in [0.2, 0.25) is 6.21 Å². The first-order chi connectivity index (χ1) is 10.8. The lowest BCUT2D eigenvalue weighted by Crippen LogP contribution is -2.06. The van der Waals surface area contributed by atoms with E-state index in [1.165, 1.54) is 5.56 Å². The molecular weight excluding hydrogens is 274 g/mol. The summed E-state index contributed by atoms with van der Waals surface area (Å²) in [6.07, 6.45) is 7.53. The summed E-state index contributed by atoms with van der Waals surface area (Å²) in [5, 5.41) is 0. The molecule has 0 atom stereocenters. The highest BCUT2D eigenvalue weighted by molar-refractivity contribution is 5.76. The predicted octanol–water partition coefficient (Wildman–Crippen LogP) is 3.26. The number of nitrogens with zero attached hydrogens (tertiary/aromatic N) is 3. The molecule has 0 aliphatic rings. The third-order valence-corrected chi connectivity index (χ3v) is 3.38. The van der Waals surface area contributed by atoms with E-state index in [0.717, 1.165) is 17.8 Å². The Morgan fingerprint density at radius 2 is 1.86 bits per heavy atom. The van der Waals surface area contributed by atoms with E-state index in [1.807, 2.05) is 53.6 Å². The minimum absolute atomic E-state index is 0.815. The molecule has 0 amide bonds. The highest BCUT2D eigenvalue weighted by atomic mass is 16.7. The van der Waals surface area contributed by atoms with Gasteiger partial charge in [-0.2, -0.15) is 0 Å². The van der Waals surface area contributed by atoms with Crippen molar-refractivity contribution in [3.05, 3.63) is 84.4 Å². The van der Waals surface area contributed by atoms with Crippen LogP contribution in [0.15, 0.2) is 73.3 Å². The van der Waals surface area contributed by atoms with E-state index in [9.17, 15) is 0 Å². The molecular formula is C18H18N3O+. The van der Waals surface area contributed by atoms with Gasteiger partial charge in [-0.15, -0.1) is 0 Å².